The van der Waals surface area contributed by atoms with Crippen LogP contribution in [0.5, 0.6) is 0 Å². The lowest BCUT2D eigenvalue weighted by Crippen LogP contribution is -2.36. The van der Waals surface area contributed by atoms with E-state index in [-0.39, 0.29) is 62.7 Å². The van der Waals surface area contributed by atoms with Crippen LogP contribution >= 0.6 is 0 Å². The summed E-state index contributed by atoms with van der Waals surface area (Å²) < 4.78 is 100. The number of halogens is 2. The Morgan fingerprint density at radius 2 is 1.39 bits per heavy atom. The Kier molecular flexibility index (Phi) is 13.1. The first kappa shape index (κ1) is 46.9. The minimum Gasteiger partial charge on any atom is -0.441 e. The van der Waals surface area contributed by atoms with Gasteiger partial charge in [0.1, 0.15) is 35.2 Å². The number of carbonyl (C=O) groups is 2. The quantitative estimate of drug-likeness (QED) is 0.0802. The molecule has 0 unspecified atom stereocenters. The fourth-order valence-electron chi connectivity index (χ4n) is 6.61. The molecule has 20 nitrogen and oxygen atoms in total. The van der Waals surface area contributed by atoms with Crippen molar-refractivity contribution in [1.29, 1.82) is 0 Å². The molecule has 0 radical (unpaired) electrons. The number of ether oxygens (including phenoxy) is 2. The number of benzene rings is 2. The molecule has 24 heteroatoms. The van der Waals surface area contributed by atoms with Crippen LogP contribution in [0.15, 0.2) is 66.7 Å². The van der Waals surface area contributed by atoms with Gasteiger partial charge in [-0.3, -0.25) is 14.8 Å². The van der Waals surface area contributed by atoms with E-state index < -0.39 is 66.6 Å². The molecule has 0 bridgehead atoms. The smallest absolute Gasteiger partial charge is 0.441 e. The highest BCUT2D eigenvalue weighted by Crippen LogP contribution is 2.34. The Morgan fingerprint density at radius 3 is 2.03 bits per heavy atom. The molecule has 2 amide bonds. The van der Waals surface area contributed by atoms with Crippen LogP contribution in [0, 0.1) is 25.5 Å². The van der Waals surface area contributed by atoms with Gasteiger partial charge in [0.25, 0.3) is 5.82 Å². The molecule has 6 aromatic rings. The molecule has 4 aromatic heterocycles. The number of hydrogen-bond donors (Lipinski definition) is 4. The van der Waals surface area contributed by atoms with Crippen LogP contribution in [0.25, 0.3) is 28.5 Å². The van der Waals surface area contributed by atoms with Crippen LogP contribution in [0.2, 0.25) is 0 Å². The van der Waals surface area contributed by atoms with E-state index in [1.54, 1.807) is 40.7 Å². The lowest BCUT2D eigenvalue weighted by molar-refractivity contribution is -0.718. The van der Waals surface area contributed by atoms with Gasteiger partial charge in [-0.15, -0.1) is 14.5 Å². The number of pyridine rings is 2. The van der Waals surface area contributed by atoms with E-state index in [1.165, 1.54) is 83.6 Å². The van der Waals surface area contributed by atoms with Crippen LogP contribution in [-0.4, -0.2) is 74.4 Å². The van der Waals surface area contributed by atoms with E-state index >= 15 is 4.39 Å². The second-order valence-corrected chi connectivity index (χ2v) is 20.1. The predicted octanol–water partition coefficient (Wildman–Crippen LogP) is 6.52. The minimum absolute atomic E-state index is 0.0379. The first-order valence-electron chi connectivity index (χ1n) is 20.5. The van der Waals surface area contributed by atoms with E-state index in [0.717, 1.165) is 12.1 Å². The Morgan fingerprint density at radius 1 is 0.788 bits per heavy atom. The van der Waals surface area contributed by atoms with Crippen molar-refractivity contribution in [2.24, 2.45) is 14.1 Å². The number of amides is 2. The number of rotatable bonds is 15. The number of aryl methyl sites for hydroxylation is 4. The lowest BCUT2D eigenvalue weighted by atomic mass is 10.1. The summed E-state index contributed by atoms with van der Waals surface area (Å²) in [6.45, 7) is 9.38. The fraction of sp³-hybridized carbons (Fsp3) is 0.333. The molecule has 1 fully saturated rings. The zero-order valence-corrected chi connectivity index (χ0v) is 38.6. The van der Waals surface area contributed by atoms with Gasteiger partial charge in [0.2, 0.25) is 25.7 Å². The first-order chi connectivity index (χ1) is 31.1. The van der Waals surface area contributed by atoms with Crippen molar-refractivity contribution in [3.63, 3.8) is 0 Å². The Labute approximate surface area is 378 Å². The van der Waals surface area contributed by atoms with Crippen LogP contribution in [-0.2, 0) is 43.6 Å². The lowest BCUT2D eigenvalue weighted by Gasteiger charge is -2.16. The molecule has 1 aliphatic carbocycles. The Hall–Kier alpha value is -7.08. The van der Waals surface area contributed by atoms with Gasteiger partial charge in [-0.05, 0) is 114 Å². The third kappa shape index (κ3) is 10.4. The van der Waals surface area contributed by atoms with Gasteiger partial charge in [0.05, 0.1) is 46.0 Å². The summed E-state index contributed by atoms with van der Waals surface area (Å²) in [4.78, 5) is 36.0. The normalized spacial score (nSPS) is 13.8. The second-order valence-electron chi connectivity index (χ2n) is 15.9. The van der Waals surface area contributed by atoms with Crippen molar-refractivity contribution >= 4 is 55.2 Å². The zero-order chi connectivity index (χ0) is 47.8. The van der Waals surface area contributed by atoms with Crippen molar-refractivity contribution in [3.05, 3.63) is 101 Å². The molecule has 2 atom stereocenters. The van der Waals surface area contributed by atoms with Crippen LogP contribution in [0.4, 0.5) is 41.4 Å². The van der Waals surface area contributed by atoms with Crippen molar-refractivity contribution in [2.45, 2.75) is 77.1 Å². The van der Waals surface area contributed by atoms with Crippen LogP contribution in [0.1, 0.15) is 75.3 Å². The molecular weight excluding hydrogens is 903 g/mol. The zero-order valence-electron chi connectivity index (χ0n) is 37.0. The van der Waals surface area contributed by atoms with E-state index in [4.69, 9.17) is 9.47 Å². The summed E-state index contributed by atoms with van der Waals surface area (Å²) >= 11 is 0. The van der Waals surface area contributed by atoms with Gasteiger partial charge in [0, 0.05) is 18.3 Å². The van der Waals surface area contributed by atoms with Gasteiger partial charge >= 0.3 is 12.2 Å². The van der Waals surface area contributed by atoms with E-state index in [2.05, 4.69) is 45.6 Å². The van der Waals surface area contributed by atoms with Gasteiger partial charge < -0.3 is 9.47 Å². The number of hydrogen-bond acceptors (Lipinski definition) is 13. The highest BCUT2D eigenvalue weighted by atomic mass is 32.2. The standard InChI is InChI=1S/C42H46F2N12O8S2/c1-22(2)65(59,60)50-33-14-16-35(45-23(33)3)37-39(54(7)52-49-37)47-41(57)64-26(6)28-19-30(44)21-31(20-28)56-38(36-17-15-34(24(4)46-36)51-66(61,62)32-12-13-32)40(55(8)53-56)48-42(58)63-25(5)27-10-9-11-29(43)18-27/h9-11,14-22,25-26,32,53H,12-13H2,1-8H3,(H2,45,46,47,48,49,50,51,52,57,58)/p+1/t25-,26-/m1/s1. The molecule has 0 saturated heterocycles. The number of sulfonamides is 2. The molecule has 66 heavy (non-hydrogen) atoms. The molecule has 1 saturated carbocycles. The summed E-state index contributed by atoms with van der Waals surface area (Å²) in [7, 11) is -4.25. The molecule has 348 valence electrons. The second kappa shape index (κ2) is 18.4. The number of anilines is 4. The summed E-state index contributed by atoms with van der Waals surface area (Å²) in [5, 5.41) is 16.8. The summed E-state index contributed by atoms with van der Waals surface area (Å²) in [5.74, 6) is -1.12. The van der Waals surface area contributed by atoms with Gasteiger partial charge in [-0.1, -0.05) is 17.3 Å². The van der Waals surface area contributed by atoms with Crippen molar-refractivity contribution in [3.8, 4) is 28.5 Å². The number of nitrogens with zero attached hydrogens (tertiary/aromatic N) is 8. The minimum atomic E-state index is -3.64. The fourth-order valence-corrected chi connectivity index (χ4v) is 8.81. The summed E-state index contributed by atoms with van der Waals surface area (Å²) in [6, 6.07) is 15.5. The monoisotopic (exact) mass is 949 g/mol. The highest BCUT2D eigenvalue weighted by molar-refractivity contribution is 7.93. The SMILES string of the molecule is Cc1nc(-c2nnn(C)c2NC(=O)O[C@H](C)c2cc(F)cc(-n3n[n+](C)c(NC(=O)O[C@H](C)c4cccc(F)c4)c3-c3ccc(NS(=O)(=O)C4CC4)c(C)n3)c2)ccc1NS(=O)(=O)C(C)C. The molecule has 7 rings (SSSR count). The number of aromatic nitrogens is 8. The molecule has 0 spiro atoms. The summed E-state index contributed by atoms with van der Waals surface area (Å²) in [5.41, 5.74) is 2.59. The molecule has 1 aliphatic rings. The molecular formula is C42H47F2N12O8S2+. The average molecular weight is 950 g/mol. The number of nitrogens with one attached hydrogen (secondary N) is 4. The van der Waals surface area contributed by atoms with E-state index in [1.807, 2.05) is 0 Å². The number of carbonyl (C=O) groups excluding carboxylic acids is 2. The molecule has 2 aromatic carbocycles. The molecule has 4 heterocycles. The van der Waals surface area contributed by atoms with E-state index in [9.17, 15) is 30.8 Å². The van der Waals surface area contributed by atoms with Crippen molar-refractivity contribution in [1.82, 2.24) is 34.9 Å². The Balaban J connectivity index is 1.17. The maximum Gasteiger partial charge on any atom is 0.474 e. The van der Waals surface area contributed by atoms with Gasteiger partial charge in [-0.2, -0.15) is 0 Å². The van der Waals surface area contributed by atoms with E-state index in [0.29, 0.717) is 24.1 Å². The highest BCUT2D eigenvalue weighted by Gasteiger charge is 2.37. The van der Waals surface area contributed by atoms with Crippen LogP contribution in [0.3, 0.4) is 0 Å². The van der Waals surface area contributed by atoms with Crippen LogP contribution < -0.4 is 24.8 Å². The average Bonchev–Trinajstić information content (AvgIpc) is 3.99. The Bertz CT molecular complexity index is 3090. The summed E-state index contributed by atoms with van der Waals surface area (Å²) in [6.07, 6.45) is -2.76. The molecule has 0 aliphatic heterocycles. The maximum absolute atomic E-state index is 15.7. The largest absolute Gasteiger partial charge is 0.474 e. The maximum atomic E-state index is 15.7. The van der Waals surface area contributed by atoms with Crippen molar-refractivity contribution < 1.29 is 49.4 Å². The van der Waals surface area contributed by atoms with Gasteiger partial charge in [0.15, 0.2) is 11.5 Å². The third-order valence-corrected chi connectivity index (χ3v) is 14.1. The van der Waals surface area contributed by atoms with Crippen molar-refractivity contribution in [2.75, 3.05) is 20.1 Å². The molecule has 4 N–H and O–H groups in total. The third-order valence-electron chi connectivity index (χ3n) is 10.5. The van der Waals surface area contributed by atoms with Gasteiger partial charge in [-0.25, -0.2) is 55.2 Å². The first-order valence-corrected chi connectivity index (χ1v) is 23.6. The topological polar surface area (TPSA) is 247 Å². The predicted molar refractivity (Wildman–Crippen MR) is 238 cm³/mol.